The molecule has 5 rings (SSSR count). The van der Waals surface area contributed by atoms with Crippen LogP contribution in [0.5, 0.6) is 5.75 Å². The van der Waals surface area contributed by atoms with Crippen molar-refractivity contribution in [2.75, 3.05) is 25.1 Å². The zero-order chi connectivity index (χ0) is 29.1. The molecule has 3 aliphatic carbocycles. The lowest BCUT2D eigenvalue weighted by atomic mass is 9.94. The second kappa shape index (κ2) is 10.5. The molecule has 3 fully saturated rings. The molecule has 3 saturated carbocycles. The normalized spacial score (nSPS) is 26.1. The Bertz CT molecular complexity index is 1240. The van der Waals surface area contributed by atoms with Gasteiger partial charge in [0.15, 0.2) is 0 Å². The molecule has 1 aromatic carbocycles. The highest BCUT2D eigenvalue weighted by Crippen LogP contribution is 2.52. The van der Waals surface area contributed by atoms with Gasteiger partial charge < -0.3 is 14.7 Å². The molecule has 1 atom stereocenters. The number of hydrogen-bond donors (Lipinski definition) is 1. The fourth-order valence-electron chi connectivity index (χ4n) is 5.87. The predicted octanol–water partition coefficient (Wildman–Crippen LogP) is 6.01. The van der Waals surface area contributed by atoms with Gasteiger partial charge in [-0.3, -0.25) is 4.79 Å². The Morgan fingerprint density at radius 3 is 2.40 bits per heavy atom. The number of nitrogens with zero attached hydrogens (tertiary/aromatic N) is 2. The van der Waals surface area contributed by atoms with Crippen molar-refractivity contribution in [3.05, 3.63) is 12.1 Å². The van der Waals surface area contributed by atoms with Gasteiger partial charge in [0.25, 0.3) is 0 Å². The number of sulfonamides is 1. The third kappa shape index (κ3) is 6.06. The van der Waals surface area contributed by atoms with Crippen LogP contribution < -0.4 is 9.64 Å². The Morgan fingerprint density at radius 2 is 1.85 bits per heavy atom. The number of rotatable bonds is 10. The molecule has 1 aliphatic heterocycles. The molecule has 0 saturated heterocycles. The standard InChI is InChI=1S/C27H36F4N2O5S2/c1-25(28,29)8-7-18-15-33(17-5-3-4-6-17)20-11-22(39-19-13-27(30,31)14-19)21(12-23(20)40(36,37)32(18)2)38-16-26(9-10-26)24(34)35/h11-12,17-19H,3-10,13-16H2,1-2H3,(H,34,35)/t18-/m0/s1. The van der Waals surface area contributed by atoms with E-state index in [1.54, 1.807) is 6.07 Å². The van der Waals surface area contributed by atoms with Gasteiger partial charge in [-0.2, -0.15) is 4.31 Å². The number of anilines is 1. The quantitative estimate of drug-likeness (QED) is 0.326. The number of hydrogen-bond acceptors (Lipinski definition) is 6. The third-order valence-electron chi connectivity index (χ3n) is 8.75. The summed E-state index contributed by atoms with van der Waals surface area (Å²) in [5.41, 5.74) is -0.620. The number of ether oxygens (including phenoxy) is 1. The topological polar surface area (TPSA) is 87.2 Å². The molecule has 1 heterocycles. The summed E-state index contributed by atoms with van der Waals surface area (Å²) in [5.74, 6) is -6.54. The summed E-state index contributed by atoms with van der Waals surface area (Å²) in [6, 6.07) is 2.38. The Hall–Kier alpha value is -1.73. The minimum Gasteiger partial charge on any atom is -0.491 e. The van der Waals surface area contributed by atoms with E-state index in [0.717, 1.165) is 36.9 Å². The molecule has 0 bridgehead atoms. The van der Waals surface area contributed by atoms with Gasteiger partial charge in [-0.05, 0) is 45.1 Å². The SMILES string of the molecule is CN1[C@@H](CCC(C)(F)F)CN(C2CCCC2)c2cc(SC3CC(F)(F)C3)c(OCC3(C(=O)O)CC3)cc2S1(=O)=O. The zero-order valence-electron chi connectivity index (χ0n) is 22.7. The summed E-state index contributed by atoms with van der Waals surface area (Å²) < 4.78 is 90.0. The number of aliphatic carboxylic acids is 1. The number of carbonyl (C=O) groups is 1. The Balaban J connectivity index is 1.56. The summed E-state index contributed by atoms with van der Waals surface area (Å²) >= 11 is 1.19. The number of benzene rings is 1. The first-order chi connectivity index (χ1) is 18.6. The van der Waals surface area contributed by atoms with Crippen LogP contribution in [-0.2, 0) is 14.8 Å². The van der Waals surface area contributed by atoms with Gasteiger partial charge in [0, 0.05) is 56.3 Å². The molecule has 4 aliphatic rings. The first kappa shape index (κ1) is 29.8. The van der Waals surface area contributed by atoms with Gasteiger partial charge in [-0.15, -0.1) is 11.8 Å². The first-order valence-electron chi connectivity index (χ1n) is 13.8. The molecule has 0 unspecified atom stereocenters. The van der Waals surface area contributed by atoms with Crippen LogP contribution in [-0.4, -0.2) is 73.2 Å². The number of halogens is 4. The van der Waals surface area contributed by atoms with E-state index in [0.29, 0.717) is 23.4 Å². The highest BCUT2D eigenvalue weighted by atomic mass is 32.2. The van der Waals surface area contributed by atoms with E-state index in [2.05, 4.69) is 0 Å². The van der Waals surface area contributed by atoms with Crippen LogP contribution >= 0.6 is 11.8 Å². The van der Waals surface area contributed by atoms with E-state index in [-0.39, 0.29) is 49.1 Å². The molecular formula is C27H36F4N2O5S2. The van der Waals surface area contributed by atoms with Crippen molar-refractivity contribution in [3.63, 3.8) is 0 Å². The third-order valence-corrected chi connectivity index (χ3v) is 11.9. The number of fused-ring (bicyclic) bond motifs is 1. The van der Waals surface area contributed by atoms with E-state index < -0.39 is 51.0 Å². The maximum absolute atomic E-state index is 13.9. The number of carboxylic acid groups (broad SMARTS) is 1. The van der Waals surface area contributed by atoms with Crippen molar-refractivity contribution in [2.24, 2.45) is 5.41 Å². The lowest BCUT2D eigenvalue weighted by Crippen LogP contribution is -2.45. The molecule has 7 nitrogen and oxygen atoms in total. The van der Waals surface area contributed by atoms with Gasteiger partial charge in [0.1, 0.15) is 22.7 Å². The van der Waals surface area contributed by atoms with E-state index in [1.165, 1.54) is 24.9 Å². The van der Waals surface area contributed by atoms with Gasteiger partial charge in [0.2, 0.25) is 21.9 Å². The monoisotopic (exact) mass is 608 g/mol. The van der Waals surface area contributed by atoms with Crippen LogP contribution in [0.3, 0.4) is 0 Å². The molecule has 0 radical (unpaired) electrons. The largest absolute Gasteiger partial charge is 0.491 e. The second-order valence-corrected chi connectivity index (χ2v) is 15.3. The van der Waals surface area contributed by atoms with Crippen LogP contribution in [0.15, 0.2) is 21.9 Å². The summed E-state index contributed by atoms with van der Waals surface area (Å²) in [6.07, 6.45) is 3.35. The average Bonchev–Trinajstić information content (AvgIpc) is 3.47. The maximum Gasteiger partial charge on any atom is 0.313 e. The number of likely N-dealkylation sites (N-methyl/N-ethyl adjacent to an activating group) is 1. The summed E-state index contributed by atoms with van der Waals surface area (Å²) in [7, 11) is -2.75. The molecule has 0 aromatic heterocycles. The molecule has 224 valence electrons. The lowest BCUT2D eigenvalue weighted by molar-refractivity contribution is -0.144. The van der Waals surface area contributed by atoms with Gasteiger partial charge >= 0.3 is 5.97 Å². The van der Waals surface area contributed by atoms with Crippen molar-refractivity contribution in [3.8, 4) is 5.75 Å². The van der Waals surface area contributed by atoms with Gasteiger partial charge in [-0.1, -0.05) is 12.8 Å². The van der Waals surface area contributed by atoms with Gasteiger partial charge in [-0.25, -0.2) is 26.0 Å². The van der Waals surface area contributed by atoms with Crippen LogP contribution in [0.25, 0.3) is 0 Å². The number of thioether (sulfide) groups is 1. The summed E-state index contributed by atoms with van der Waals surface area (Å²) in [6.45, 7) is 0.895. The van der Waals surface area contributed by atoms with Crippen LogP contribution in [0.1, 0.15) is 71.1 Å². The first-order valence-corrected chi connectivity index (χ1v) is 16.1. The van der Waals surface area contributed by atoms with Crippen molar-refractivity contribution in [2.45, 2.75) is 110 Å². The van der Waals surface area contributed by atoms with Crippen molar-refractivity contribution in [1.82, 2.24) is 4.31 Å². The molecule has 0 spiro atoms. The number of alkyl halides is 4. The molecule has 13 heteroatoms. The Kier molecular flexibility index (Phi) is 7.82. The molecular weight excluding hydrogens is 572 g/mol. The van der Waals surface area contributed by atoms with Crippen LogP contribution in [0, 0.1) is 5.41 Å². The Labute approximate surface area is 236 Å². The van der Waals surface area contributed by atoms with Crippen molar-refractivity contribution in [1.29, 1.82) is 0 Å². The molecule has 1 aromatic rings. The fourth-order valence-corrected chi connectivity index (χ4v) is 8.87. The number of carboxylic acids is 1. The van der Waals surface area contributed by atoms with Crippen molar-refractivity contribution >= 4 is 33.4 Å². The minimum atomic E-state index is -4.15. The highest BCUT2D eigenvalue weighted by Gasteiger charge is 2.52. The average molecular weight is 609 g/mol. The predicted molar refractivity (Wildman–Crippen MR) is 143 cm³/mol. The van der Waals surface area contributed by atoms with Gasteiger partial charge in [0.05, 0.1) is 10.6 Å². The minimum absolute atomic E-state index is 0.0180. The highest BCUT2D eigenvalue weighted by molar-refractivity contribution is 8.00. The smallest absolute Gasteiger partial charge is 0.313 e. The zero-order valence-corrected chi connectivity index (χ0v) is 24.3. The molecule has 1 N–H and O–H groups in total. The van der Waals surface area contributed by atoms with E-state index in [9.17, 15) is 35.9 Å². The lowest BCUT2D eigenvalue weighted by Gasteiger charge is -2.36. The van der Waals surface area contributed by atoms with E-state index in [1.807, 2.05) is 4.90 Å². The molecule has 0 amide bonds. The van der Waals surface area contributed by atoms with E-state index in [4.69, 9.17) is 4.74 Å². The summed E-state index contributed by atoms with van der Waals surface area (Å²) in [5, 5.41) is 9.22. The van der Waals surface area contributed by atoms with Crippen LogP contribution in [0.4, 0.5) is 23.2 Å². The Morgan fingerprint density at radius 1 is 1.20 bits per heavy atom. The van der Waals surface area contributed by atoms with Crippen molar-refractivity contribution < 1.29 is 40.6 Å². The fraction of sp³-hybridized carbons (Fsp3) is 0.741. The second-order valence-electron chi connectivity index (χ2n) is 12.0. The van der Waals surface area contributed by atoms with E-state index >= 15 is 0 Å². The molecule has 40 heavy (non-hydrogen) atoms. The van der Waals surface area contributed by atoms with Crippen LogP contribution in [0.2, 0.25) is 0 Å². The maximum atomic E-state index is 13.9. The summed E-state index contributed by atoms with van der Waals surface area (Å²) in [4.78, 5) is 14.2.